The van der Waals surface area contributed by atoms with Crippen LogP contribution in [0.25, 0.3) is 0 Å². The van der Waals surface area contributed by atoms with Crippen molar-refractivity contribution in [3.8, 4) is 0 Å². The molecule has 2 heteroatoms. The number of hydrogen-bond donors (Lipinski definition) is 0. The Balaban J connectivity index is 1.94. The van der Waals surface area contributed by atoms with Gasteiger partial charge in [0.15, 0.2) is 0 Å². The minimum Gasteiger partial charge on any atom is -0.300 e. The minimum absolute atomic E-state index is 0.608. The summed E-state index contributed by atoms with van der Waals surface area (Å²) in [6.45, 7) is 5.09. The minimum atomic E-state index is 0.608. The van der Waals surface area contributed by atoms with Gasteiger partial charge in [-0.25, -0.2) is 0 Å². The maximum absolute atomic E-state index is 3.77. The highest BCUT2D eigenvalue weighted by Crippen LogP contribution is 2.39. The summed E-state index contributed by atoms with van der Waals surface area (Å²) in [4.78, 5) is 2.73. The molecule has 1 heterocycles. The first-order valence-corrected chi connectivity index (χ1v) is 7.68. The summed E-state index contributed by atoms with van der Waals surface area (Å²) < 4.78 is 0. The van der Waals surface area contributed by atoms with Crippen molar-refractivity contribution in [1.29, 1.82) is 0 Å². The first-order chi connectivity index (χ1) is 7.26. The van der Waals surface area contributed by atoms with Crippen LogP contribution in [-0.4, -0.2) is 29.4 Å². The van der Waals surface area contributed by atoms with Crippen LogP contribution in [0.1, 0.15) is 51.9 Å². The Bertz CT molecular complexity index is 199. The van der Waals surface area contributed by atoms with E-state index in [2.05, 4.69) is 27.8 Å². The predicted octanol–water partition coefficient (Wildman–Crippen LogP) is 3.82. The third-order valence-corrected chi connectivity index (χ3v) is 5.62. The van der Waals surface area contributed by atoms with E-state index in [1.165, 1.54) is 63.4 Å². The van der Waals surface area contributed by atoms with Crippen LogP contribution < -0.4 is 0 Å². The quantitative estimate of drug-likeness (QED) is 0.707. The van der Waals surface area contributed by atoms with Crippen LogP contribution in [-0.2, 0) is 0 Å². The first-order valence-electron chi connectivity index (χ1n) is 6.56. The van der Waals surface area contributed by atoms with Gasteiger partial charge in [0.05, 0.1) is 0 Å². The Labute approximate surface area is 103 Å². The SMILES string of the molecule is CC1CCCN1CC1(CBr)CCCCC1. The third kappa shape index (κ3) is 2.76. The second-order valence-corrected chi connectivity index (χ2v) is 6.22. The zero-order chi connectivity index (χ0) is 10.7. The highest BCUT2D eigenvalue weighted by atomic mass is 79.9. The van der Waals surface area contributed by atoms with Gasteiger partial charge < -0.3 is 4.90 Å². The van der Waals surface area contributed by atoms with E-state index in [1.807, 2.05) is 0 Å². The molecule has 1 atom stereocenters. The standard InChI is InChI=1S/C13H24BrN/c1-12-6-5-9-15(12)11-13(10-14)7-3-2-4-8-13/h12H,2-11H2,1H3. The second-order valence-electron chi connectivity index (χ2n) is 5.66. The maximum atomic E-state index is 3.77. The zero-order valence-corrected chi connectivity index (χ0v) is 11.6. The van der Waals surface area contributed by atoms with Crippen LogP contribution in [0.2, 0.25) is 0 Å². The Morgan fingerprint density at radius 1 is 1.20 bits per heavy atom. The summed E-state index contributed by atoms with van der Waals surface area (Å²) in [5.41, 5.74) is 0.608. The summed E-state index contributed by atoms with van der Waals surface area (Å²) in [5, 5.41) is 1.21. The van der Waals surface area contributed by atoms with Gasteiger partial charge >= 0.3 is 0 Å². The van der Waals surface area contributed by atoms with E-state index < -0.39 is 0 Å². The van der Waals surface area contributed by atoms with E-state index in [4.69, 9.17) is 0 Å². The van der Waals surface area contributed by atoms with Crippen molar-refractivity contribution in [2.75, 3.05) is 18.4 Å². The predicted molar refractivity (Wildman–Crippen MR) is 69.6 cm³/mol. The van der Waals surface area contributed by atoms with E-state index in [0.29, 0.717) is 5.41 Å². The molecule has 0 N–H and O–H groups in total. The van der Waals surface area contributed by atoms with Gasteiger partial charge in [0, 0.05) is 17.9 Å². The smallest absolute Gasteiger partial charge is 0.0100 e. The lowest BCUT2D eigenvalue weighted by molar-refractivity contribution is 0.123. The first kappa shape index (κ1) is 11.9. The molecule has 0 aromatic carbocycles. The summed E-state index contributed by atoms with van der Waals surface area (Å²) in [6.07, 6.45) is 10.1. The van der Waals surface area contributed by atoms with Gasteiger partial charge in [-0.05, 0) is 44.6 Å². The second kappa shape index (κ2) is 5.18. The normalized spacial score (nSPS) is 32.0. The summed E-state index contributed by atoms with van der Waals surface area (Å²) in [6, 6.07) is 0.836. The van der Waals surface area contributed by atoms with Crippen LogP contribution in [0.3, 0.4) is 0 Å². The van der Waals surface area contributed by atoms with Crippen LogP contribution >= 0.6 is 15.9 Å². The molecule has 0 radical (unpaired) electrons. The molecule has 15 heavy (non-hydrogen) atoms. The van der Waals surface area contributed by atoms with Crippen molar-refractivity contribution in [2.24, 2.45) is 5.41 Å². The van der Waals surface area contributed by atoms with Crippen molar-refractivity contribution in [1.82, 2.24) is 4.90 Å². The fourth-order valence-corrected chi connectivity index (χ4v) is 4.03. The lowest BCUT2D eigenvalue weighted by Crippen LogP contribution is -2.41. The molecule has 1 saturated heterocycles. The topological polar surface area (TPSA) is 3.24 Å². The van der Waals surface area contributed by atoms with Gasteiger partial charge in [0.1, 0.15) is 0 Å². The Kier molecular flexibility index (Phi) is 4.11. The zero-order valence-electron chi connectivity index (χ0n) is 9.97. The van der Waals surface area contributed by atoms with E-state index in [-0.39, 0.29) is 0 Å². The van der Waals surface area contributed by atoms with Crippen LogP contribution in [0.5, 0.6) is 0 Å². The van der Waals surface area contributed by atoms with Crippen molar-refractivity contribution in [3.63, 3.8) is 0 Å². The molecule has 1 aliphatic carbocycles. The lowest BCUT2D eigenvalue weighted by atomic mass is 9.75. The Morgan fingerprint density at radius 2 is 1.93 bits per heavy atom. The molecule has 88 valence electrons. The molecule has 0 aromatic rings. The highest BCUT2D eigenvalue weighted by Gasteiger charge is 2.35. The molecular weight excluding hydrogens is 250 g/mol. The number of rotatable bonds is 3. The van der Waals surface area contributed by atoms with Crippen molar-refractivity contribution >= 4 is 15.9 Å². The molecule has 1 aliphatic heterocycles. The molecular formula is C13H24BrN. The summed E-state index contributed by atoms with van der Waals surface area (Å²) >= 11 is 3.77. The van der Waals surface area contributed by atoms with Gasteiger partial charge in [-0.2, -0.15) is 0 Å². The van der Waals surface area contributed by atoms with Gasteiger partial charge in [-0.3, -0.25) is 0 Å². The van der Waals surface area contributed by atoms with E-state index in [1.54, 1.807) is 0 Å². The molecule has 2 aliphatic rings. The van der Waals surface area contributed by atoms with E-state index >= 15 is 0 Å². The van der Waals surface area contributed by atoms with Crippen LogP contribution in [0.15, 0.2) is 0 Å². The van der Waals surface area contributed by atoms with Crippen LogP contribution in [0.4, 0.5) is 0 Å². The molecule has 0 bridgehead atoms. The number of alkyl halides is 1. The highest BCUT2D eigenvalue weighted by molar-refractivity contribution is 9.09. The Hall–Kier alpha value is 0.440. The van der Waals surface area contributed by atoms with Crippen molar-refractivity contribution in [3.05, 3.63) is 0 Å². The molecule has 1 saturated carbocycles. The number of likely N-dealkylation sites (tertiary alicyclic amines) is 1. The van der Waals surface area contributed by atoms with Crippen molar-refractivity contribution < 1.29 is 0 Å². The largest absolute Gasteiger partial charge is 0.300 e. The lowest BCUT2D eigenvalue weighted by Gasteiger charge is -2.40. The number of hydrogen-bond acceptors (Lipinski definition) is 1. The summed E-state index contributed by atoms with van der Waals surface area (Å²) in [5.74, 6) is 0. The molecule has 0 spiro atoms. The van der Waals surface area contributed by atoms with Crippen molar-refractivity contribution in [2.45, 2.75) is 57.9 Å². The van der Waals surface area contributed by atoms with Gasteiger partial charge in [-0.1, -0.05) is 35.2 Å². The molecule has 1 nitrogen and oxygen atoms in total. The Morgan fingerprint density at radius 3 is 2.47 bits per heavy atom. The molecule has 0 amide bonds. The van der Waals surface area contributed by atoms with Gasteiger partial charge in [0.2, 0.25) is 0 Å². The van der Waals surface area contributed by atoms with Crippen LogP contribution in [0, 0.1) is 5.41 Å². The number of nitrogens with zero attached hydrogens (tertiary/aromatic N) is 1. The van der Waals surface area contributed by atoms with Gasteiger partial charge in [0.25, 0.3) is 0 Å². The fraction of sp³-hybridized carbons (Fsp3) is 1.00. The van der Waals surface area contributed by atoms with Gasteiger partial charge in [-0.15, -0.1) is 0 Å². The average molecular weight is 274 g/mol. The van der Waals surface area contributed by atoms with E-state index in [9.17, 15) is 0 Å². The fourth-order valence-electron chi connectivity index (χ4n) is 3.29. The molecule has 1 unspecified atom stereocenters. The summed E-state index contributed by atoms with van der Waals surface area (Å²) in [7, 11) is 0. The molecule has 2 fully saturated rings. The molecule has 0 aromatic heterocycles. The monoisotopic (exact) mass is 273 g/mol. The maximum Gasteiger partial charge on any atom is 0.0100 e. The number of halogens is 1. The van der Waals surface area contributed by atoms with E-state index in [0.717, 1.165) is 6.04 Å². The third-order valence-electron chi connectivity index (χ3n) is 4.43. The molecule has 2 rings (SSSR count). The average Bonchev–Trinajstić information content (AvgIpc) is 2.66.